The molecule has 0 fully saturated rings. The molecule has 0 aliphatic carbocycles. The van der Waals surface area contributed by atoms with Gasteiger partial charge in [0.2, 0.25) is 0 Å². The van der Waals surface area contributed by atoms with Crippen LogP contribution in [0, 0.1) is 25.2 Å². The van der Waals surface area contributed by atoms with Crippen molar-refractivity contribution in [1.82, 2.24) is 0 Å². The SMILES string of the molecule is Cc1cccc(OC(C)CC#N)c1C. The number of nitriles is 1. The summed E-state index contributed by atoms with van der Waals surface area (Å²) in [7, 11) is 0. The first-order valence-corrected chi connectivity index (χ1v) is 4.75. The molecule has 1 atom stereocenters. The van der Waals surface area contributed by atoms with Crippen LogP contribution in [0.4, 0.5) is 0 Å². The topological polar surface area (TPSA) is 33.0 Å². The Morgan fingerprint density at radius 3 is 2.79 bits per heavy atom. The van der Waals surface area contributed by atoms with Crippen LogP contribution in [0.3, 0.4) is 0 Å². The summed E-state index contributed by atoms with van der Waals surface area (Å²) in [6, 6.07) is 8.06. The molecule has 0 spiro atoms. The summed E-state index contributed by atoms with van der Waals surface area (Å²) < 4.78 is 5.64. The predicted octanol–water partition coefficient (Wildman–Crippen LogP) is 2.98. The second-order valence-electron chi connectivity index (χ2n) is 3.49. The first kappa shape index (κ1) is 10.6. The molecule has 1 aromatic rings. The highest BCUT2D eigenvalue weighted by Crippen LogP contribution is 2.22. The maximum Gasteiger partial charge on any atom is 0.122 e. The van der Waals surface area contributed by atoms with E-state index in [1.165, 1.54) is 5.56 Å². The van der Waals surface area contributed by atoms with Gasteiger partial charge in [0.05, 0.1) is 12.5 Å². The molecule has 0 aliphatic heterocycles. The highest BCUT2D eigenvalue weighted by Gasteiger charge is 2.06. The number of aryl methyl sites for hydroxylation is 1. The minimum absolute atomic E-state index is 0.0412. The molecule has 1 unspecified atom stereocenters. The lowest BCUT2D eigenvalue weighted by molar-refractivity contribution is 0.225. The third-order valence-corrected chi connectivity index (χ3v) is 2.26. The Kier molecular flexibility index (Phi) is 3.53. The van der Waals surface area contributed by atoms with E-state index in [0.29, 0.717) is 6.42 Å². The van der Waals surface area contributed by atoms with E-state index in [1.807, 2.05) is 26.0 Å². The fourth-order valence-corrected chi connectivity index (χ4v) is 1.24. The number of rotatable bonds is 3. The van der Waals surface area contributed by atoms with Crippen molar-refractivity contribution in [3.05, 3.63) is 29.3 Å². The van der Waals surface area contributed by atoms with Gasteiger partial charge in [0.15, 0.2) is 0 Å². The van der Waals surface area contributed by atoms with E-state index >= 15 is 0 Å². The van der Waals surface area contributed by atoms with Gasteiger partial charge in [-0.3, -0.25) is 0 Å². The van der Waals surface area contributed by atoms with Crippen molar-refractivity contribution in [2.45, 2.75) is 33.3 Å². The second kappa shape index (κ2) is 4.66. The van der Waals surface area contributed by atoms with Crippen LogP contribution in [0.1, 0.15) is 24.5 Å². The summed E-state index contributed by atoms with van der Waals surface area (Å²) in [5.41, 5.74) is 2.36. The van der Waals surface area contributed by atoms with Crippen LogP contribution in [0.5, 0.6) is 5.75 Å². The number of nitrogens with zero attached hydrogens (tertiary/aromatic N) is 1. The maximum absolute atomic E-state index is 8.51. The van der Waals surface area contributed by atoms with Crippen molar-refractivity contribution < 1.29 is 4.74 Å². The summed E-state index contributed by atoms with van der Waals surface area (Å²) in [6.07, 6.45) is 0.383. The van der Waals surface area contributed by atoms with Gasteiger partial charge in [0.25, 0.3) is 0 Å². The number of ether oxygens (including phenoxy) is 1. The molecule has 0 heterocycles. The number of hydrogen-bond acceptors (Lipinski definition) is 2. The van der Waals surface area contributed by atoms with Crippen molar-refractivity contribution in [3.63, 3.8) is 0 Å². The van der Waals surface area contributed by atoms with Gasteiger partial charge in [-0.2, -0.15) is 5.26 Å². The van der Waals surface area contributed by atoms with Gasteiger partial charge >= 0.3 is 0 Å². The maximum atomic E-state index is 8.51. The van der Waals surface area contributed by atoms with E-state index in [2.05, 4.69) is 19.1 Å². The molecule has 0 aromatic heterocycles. The minimum atomic E-state index is -0.0412. The molecular weight excluding hydrogens is 174 g/mol. The van der Waals surface area contributed by atoms with Gasteiger partial charge in [0, 0.05) is 0 Å². The van der Waals surface area contributed by atoms with E-state index in [9.17, 15) is 0 Å². The fraction of sp³-hybridized carbons (Fsp3) is 0.417. The molecule has 2 heteroatoms. The molecule has 0 aliphatic rings. The van der Waals surface area contributed by atoms with Crippen LogP contribution in [-0.2, 0) is 0 Å². The van der Waals surface area contributed by atoms with Crippen molar-refractivity contribution >= 4 is 0 Å². The normalized spacial score (nSPS) is 11.9. The van der Waals surface area contributed by atoms with Gasteiger partial charge in [-0.1, -0.05) is 12.1 Å². The lowest BCUT2D eigenvalue weighted by Crippen LogP contribution is -2.11. The zero-order chi connectivity index (χ0) is 10.6. The Balaban J connectivity index is 2.77. The Morgan fingerprint density at radius 1 is 1.43 bits per heavy atom. The molecule has 1 rings (SSSR count). The predicted molar refractivity (Wildman–Crippen MR) is 56.2 cm³/mol. The summed E-state index contributed by atoms with van der Waals surface area (Å²) in [5.74, 6) is 0.882. The van der Waals surface area contributed by atoms with E-state index in [0.717, 1.165) is 11.3 Å². The van der Waals surface area contributed by atoms with E-state index in [4.69, 9.17) is 10.00 Å². The van der Waals surface area contributed by atoms with Crippen LogP contribution in [0.25, 0.3) is 0 Å². The zero-order valence-corrected chi connectivity index (χ0v) is 8.87. The Hall–Kier alpha value is -1.49. The van der Waals surface area contributed by atoms with Crippen LogP contribution in [0.15, 0.2) is 18.2 Å². The summed E-state index contributed by atoms with van der Waals surface area (Å²) in [4.78, 5) is 0. The first-order valence-electron chi connectivity index (χ1n) is 4.75. The third-order valence-electron chi connectivity index (χ3n) is 2.26. The average molecular weight is 189 g/mol. The van der Waals surface area contributed by atoms with Crippen molar-refractivity contribution in [3.8, 4) is 11.8 Å². The van der Waals surface area contributed by atoms with Gasteiger partial charge in [-0.05, 0) is 38.0 Å². The molecule has 1 aromatic carbocycles. The van der Waals surface area contributed by atoms with Gasteiger partial charge < -0.3 is 4.74 Å². The van der Waals surface area contributed by atoms with E-state index in [-0.39, 0.29) is 6.10 Å². The molecule has 0 saturated heterocycles. The standard InChI is InChI=1S/C12H15NO/c1-9-5-4-6-12(11(9)3)14-10(2)7-8-13/h4-6,10H,7H2,1-3H3. The molecule has 2 nitrogen and oxygen atoms in total. The highest BCUT2D eigenvalue weighted by atomic mass is 16.5. The molecule has 0 bridgehead atoms. The summed E-state index contributed by atoms with van der Waals surface area (Å²) in [5, 5.41) is 8.51. The lowest BCUT2D eigenvalue weighted by Gasteiger charge is -2.14. The average Bonchev–Trinajstić information content (AvgIpc) is 2.13. The van der Waals surface area contributed by atoms with E-state index in [1.54, 1.807) is 0 Å². The molecule has 0 saturated carbocycles. The molecule has 0 amide bonds. The van der Waals surface area contributed by atoms with Crippen molar-refractivity contribution in [2.24, 2.45) is 0 Å². The monoisotopic (exact) mass is 189 g/mol. The fourth-order valence-electron chi connectivity index (χ4n) is 1.24. The van der Waals surface area contributed by atoms with Crippen LogP contribution in [0.2, 0.25) is 0 Å². The van der Waals surface area contributed by atoms with Crippen LogP contribution in [-0.4, -0.2) is 6.10 Å². The highest BCUT2D eigenvalue weighted by molar-refractivity contribution is 5.38. The Morgan fingerprint density at radius 2 is 2.14 bits per heavy atom. The molecular formula is C12H15NO. The smallest absolute Gasteiger partial charge is 0.122 e. The quantitative estimate of drug-likeness (QED) is 0.732. The lowest BCUT2D eigenvalue weighted by atomic mass is 10.1. The zero-order valence-electron chi connectivity index (χ0n) is 8.87. The molecule has 74 valence electrons. The third kappa shape index (κ3) is 2.50. The van der Waals surface area contributed by atoms with Crippen LogP contribution >= 0.6 is 0 Å². The first-order chi connectivity index (χ1) is 6.65. The van der Waals surface area contributed by atoms with Gasteiger partial charge in [-0.25, -0.2) is 0 Å². The van der Waals surface area contributed by atoms with Crippen LogP contribution < -0.4 is 4.74 Å². The van der Waals surface area contributed by atoms with Crippen molar-refractivity contribution in [1.29, 1.82) is 5.26 Å². The summed E-state index contributed by atoms with van der Waals surface area (Å²) >= 11 is 0. The Labute approximate surface area is 85.1 Å². The Bertz CT molecular complexity index is 352. The number of hydrogen-bond donors (Lipinski definition) is 0. The van der Waals surface area contributed by atoms with Gasteiger partial charge in [-0.15, -0.1) is 0 Å². The molecule has 0 radical (unpaired) electrons. The van der Waals surface area contributed by atoms with Crippen molar-refractivity contribution in [2.75, 3.05) is 0 Å². The molecule has 14 heavy (non-hydrogen) atoms. The number of benzene rings is 1. The second-order valence-corrected chi connectivity index (χ2v) is 3.49. The molecule has 0 N–H and O–H groups in total. The summed E-state index contributed by atoms with van der Waals surface area (Å²) in [6.45, 7) is 5.99. The largest absolute Gasteiger partial charge is 0.489 e. The van der Waals surface area contributed by atoms with Gasteiger partial charge in [0.1, 0.15) is 11.9 Å². The minimum Gasteiger partial charge on any atom is -0.489 e. The van der Waals surface area contributed by atoms with E-state index < -0.39 is 0 Å².